The summed E-state index contributed by atoms with van der Waals surface area (Å²) in [6.45, 7) is -0.274. The topological polar surface area (TPSA) is 88.5 Å². The Hall–Kier alpha value is -2.51. The summed E-state index contributed by atoms with van der Waals surface area (Å²) >= 11 is 5.62. The summed E-state index contributed by atoms with van der Waals surface area (Å²) in [4.78, 5) is 28.7. The first-order valence-corrected chi connectivity index (χ1v) is 9.68. The van der Waals surface area contributed by atoms with Gasteiger partial charge in [0.2, 0.25) is 0 Å². The number of halogens is 2. The number of carbonyl (C=O) groups excluding carboxylic acids is 2. The van der Waals surface area contributed by atoms with Crippen molar-refractivity contribution in [1.29, 1.82) is 0 Å². The van der Waals surface area contributed by atoms with Gasteiger partial charge in [0.15, 0.2) is 5.78 Å². The van der Waals surface area contributed by atoms with E-state index in [1.807, 2.05) is 0 Å². The molecule has 2 aromatic rings. The molecule has 3 fully saturated rings. The third kappa shape index (κ3) is 3.97. The van der Waals surface area contributed by atoms with Crippen LogP contribution in [0.3, 0.4) is 0 Å². The van der Waals surface area contributed by atoms with E-state index < -0.39 is 5.82 Å². The number of ether oxygens (including phenoxy) is 1. The summed E-state index contributed by atoms with van der Waals surface area (Å²) in [6, 6.07) is 7.27. The molecule has 1 aromatic heterocycles. The number of hydrogen-bond donors (Lipinski definition) is 2. The van der Waals surface area contributed by atoms with Crippen LogP contribution in [0, 0.1) is 11.2 Å². The van der Waals surface area contributed by atoms with Gasteiger partial charge in [-0.2, -0.15) is 0 Å². The molecular weight excluding hydrogens is 399 g/mol. The molecule has 3 aliphatic carbocycles. The number of aliphatic hydroxyl groups excluding tert-OH is 1. The average molecular weight is 419 g/mol. The number of carbonyl (C=O) groups is 2. The molecule has 0 aliphatic heterocycles. The molecule has 6 nitrogen and oxygen atoms in total. The number of aliphatic hydroxyl groups is 1. The van der Waals surface area contributed by atoms with E-state index in [1.54, 1.807) is 12.1 Å². The fourth-order valence-electron chi connectivity index (χ4n) is 4.52. The largest absolute Gasteiger partial charge is 0.486 e. The van der Waals surface area contributed by atoms with E-state index in [1.165, 1.54) is 18.3 Å². The van der Waals surface area contributed by atoms with Gasteiger partial charge in [0.05, 0.1) is 11.6 Å². The molecule has 1 heterocycles. The number of ketones is 1. The minimum absolute atomic E-state index is 0.00294. The van der Waals surface area contributed by atoms with Gasteiger partial charge in [0, 0.05) is 24.2 Å². The van der Waals surface area contributed by atoms with Crippen molar-refractivity contribution >= 4 is 23.3 Å². The molecule has 2 N–H and O–H groups in total. The Balaban J connectivity index is 1.24. The molecule has 1 amide bonds. The van der Waals surface area contributed by atoms with Gasteiger partial charge in [-0.1, -0.05) is 11.6 Å². The molecule has 0 atom stereocenters. The maximum absolute atomic E-state index is 13.4. The molecule has 0 radical (unpaired) electrons. The van der Waals surface area contributed by atoms with Crippen LogP contribution >= 0.6 is 11.6 Å². The highest BCUT2D eigenvalue weighted by molar-refractivity contribution is 6.30. The summed E-state index contributed by atoms with van der Waals surface area (Å²) in [5.74, 6) is -0.655. The maximum Gasteiger partial charge on any atom is 0.270 e. The number of hydrogen-bond acceptors (Lipinski definition) is 5. The van der Waals surface area contributed by atoms with Crippen molar-refractivity contribution in [3.8, 4) is 5.75 Å². The number of benzene rings is 1. The van der Waals surface area contributed by atoms with Gasteiger partial charge < -0.3 is 15.2 Å². The second kappa shape index (κ2) is 7.39. The third-order valence-corrected chi connectivity index (χ3v) is 5.93. The lowest BCUT2D eigenvalue weighted by molar-refractivity contribution is -0.162. The molecule has 29 heavy (non-hydrogen) atoms. The van der Waals surface area contributed by atoms with E-state index in [2.05, 4.69) is 10.3 Å². The van der Waals surface area contributed by atoms with Crippen molar-refractivity contribution in [2.45, 2.75) is 37.8 Å². The number of pyridine rings is 1. The fraction of sp³-hybridized carbons (Fsp3) is 0.381. The fourth-order valence-corrected chi connectivity index (χ4v) is 4.64. The number of aromatic nitrogens is 1. The molecule has 152 valence electrons. The van der Waals surface area contributed by atoms with Crippen LogP contribution in [0.5, 0.6) is 5.75 Å². The van der Waals surface area contributed by atoms with Crippen molar-refractivity contribution in [2.24, 2.45) is 5.41 Å². The lowest BCUT2D eigenvalue weighted by atomic mass is 9.38. The second-order valence-corrected chi connectivity index (χ2v) is 8.46. The summed E-state index contributed by atoms with van der Waals surface area (Å²) in [5.41, 5.74) is 0.550. The minimum atomic E-state index is -0.590. The average Bonchev–Trinajstić information content (AvgIpc) is 2.66. The molecule has 0 saturated heterocycles. The van der Waals surface area contributed by atoms with Crippen LogP contribution in [0.4, 0.5) is 4.39 Å². The van der Waals surface area contributed by atoms with Crippen LogP contribution in [-0.2, 0) is 11.4 Å². The number of amides is 1. The predicted octanol–water partition coefficient (Wildman–Crippen LogP) is 3.06. The summed E-state index contributed by atoms with van der Waals surface area (Å²) in [7, 11) is 0. The van der Waals surface area contributed by atoms with Crippen molar-refractivity contribution in [1.82, 2.24) is 10.3 Å². The molecule has 8 heteroatoms. The smallest absolute Gasteiger partial charge is 0.270 e. The second-order valence-electron chi connectivity index (χ2n) is 8.05. The first-order chi connectivity index (χ1) is 13.8. The van der Waals surface area contributed by atoms with E-state index >= 15 is 0 Å². The first kappa shape index (κ1) is 19.8. The lowest BCUT2D eigenvalue weighted by Gasteiger charge is -2.70. The molecule has 1 aromatic carbocycles. The lowest BCUT2D eigenvalue weighted by Crippen LogP contribution is -2.75. The van der Waals surface area contributed by atoms with Gasteiger partial charge in [0.1, 0.15) is 23.9 Å². The van der Waals surface area contributed by atoms with Gasteiger partial charge in [-0.25, -0.2) is 4.39 Å². The highest BCUT2D eigenvalue weighted by atomic mass is 35.5. The summed E-state index contributed by atoms with van der Waals surface area (Å²) in [5, 5.41) is 12.2. The highest BCUT2D eigenvalue weighted by Gasteiger charge is 2.68. The molecule has 2 bridgehead atoms. The van der Waals surface area contributed by atoms with Crippen molar-refractivity contribution in [3.05, 3.63) is 58.6 Å². The van der Waals surface area contributed by atoms with E-state index in [4.69, 9.17) is 16.3 Å². The van der Waals surface area contributed by atoms with Crippen LogP contribution in [0.1, 0.15) is 41.7 Å². The van der Waals surface area contributed by atoms with Gasteiger partial charge in [-0.15, -0.1) is 0 Å². The molecular formula is C21H20ClFN2O4. The third-order valence-electron chi connectivity index (χ3n) is 5.62. The number of nitrogens with zero attached hydrogens (tertiary/aromatic N) is 1. The predicted molar refractivity (Wildman–Crippen MR) is 103 cm³/mol. The van der Waals surface area contributed by atoms with E-state index in [0.29, 0.717) is 12.0 Å². The summed E-state index contributed by atoms with van der Waals surface area (Å²) < 4.78 is 18.8. The zero-order chi connectivity index (χ0) is 20.6. The van der Waals surface area contributed by atoms with Crippen molar-refractivity contribution < 1.29 is 23.8 Å². The van der Waals surface area contributed by atoms with Crippen LogP contribution in [0.2, 0.25) is 5.02 Å². The van der Waals surface area contributed by atoms with E-state index in [9.17, 15) is 19.1 Å². The number of nitrogens with one attached hydrogen (secondary N) is 1. The highest BCUT2D eigenvalue weighted by Crippen LogP contribution is 2.69. The Labute approximate surface area is 172 Å². The van der Waals surface area contributed by atoms with Crippen LogP contribution in [0.25, 0.3) is 0 Å². The minimum Gasteiger partial charge on any atom is -0.486 e. The van der Waals surface area contributed by atoms with E-state index in [-0.39, 0.29) is 52.3 Å². The van der Waals surface area contributed by atoms with Crippen LogP contribution < -0.4 is 10.1 Å². The van der Waals surface area contributed by atoms with Gasteiger partial charge in [0.25, 0.3) is 5.91 Å². The Kier molecular flexibility index (Phi) is 5.04. The summed E-state index contributed by atoms with van der Waals surface area (Å²) in [6.07, 6.45) is 4.10. The SMILES string of the molecule is O=C(COc1ccc(Cl)c(F)c1)CC12CC(NC(=O)c3cc(CO)ccn3)(C1)C2. The van der Waals surface area contributed by atoms with Gasteiger partial charge in [-0.3, -0.25) is 14.6 Å². The van der Waals surface area contributed by atoms with Gasteiger partial charge >= 0.3 is 0 Å². The zero-order valence-electron chi connectivity index (χ0n) is 15.6. The number of Topliss-reactive ketones (excluding diaryl/α,β-unsaturated/α-hetero) is 1. The standard InChI is InChI=1S/C21H20ClFN2O4/c22-16-2-1-15(6-17(16)23)29-9-14(27)7-20-10-21(11-20,12-20)25-19(28)18-5-13(8-26)3-4-24-18/h1-6,26H,7-12H2,(H,25,28). The van der Waals surface area contributed by atoms with E-state index in [0.717, 1.165) is 25.3 Å². The molecule has 3 saturated carbocycles. The van der Waals surface area contributed by atoms with Crippen molar-refractivity contribution in [3.63, 3.8) is 0 Å². The Morgan fingerprint density at radius 1 is 1.24 bits per heavy atom. The Bertz CT molecular complexity index is 961. The molecule has 5 rings (SSSR count). The van der Waals surface area contributed by atoms with Crippen molar-refractivity contribution in [2.75, 3.05) is 6.61 Å². The quantitative estimate of drug-likeness (QED) is 0.687. The van der Waals surface area contributed by atoms with Gasteiger partial charge in [-0.05, 0) is 54.5 Å². The van der Waals surface area contributed by atoms with Crippen LogP contribution in [0.15, 0.2) is 36.5 Å². The Morgan fingerprint density at radius 3 is 2.69 bits per heavy atom. The maximum atomic E-state index is 13.4. The van der Waals surface area contributed by atoms with Crippen LogP contribution in [-0.4, -0.2) is 33.9 Å². The molecule has 3 aliphatic rings. The Morgan fingerprint density at radius 2 is 2.00 bits per heavy atom. The first-order valence-electron chi connectivity index (χ1n) is 9.30. The molecule has 0 spiro atoms. The monoisotopic (exact) mass is 418 g/mol. The molecule has 0 unspecified atom stereocenters. The zero-order valence-corrected chi connectivity index (χ0v) is 16.3. The number of rotatable bonds is 8. The normalized spacial score (nSPS) is 24.2.